The first-order chi connectivity index (χ1) is 15.5. The van der Waals surface area contributed by atoms with E-state index < -0.39 is 0 Å². The minimum absolute atomic E-state index is 0.0878. The van der Waals surface area contributed by atoms with Gasteiger partial charge in [-0.15, -0.1) is 0 Å². The maximum absolute atomic E-state index is 13.3. The number of halogens is 1. The van der Waals surface area contributed by atoms with Crippen LogP contribution < -0.4 is 10.1 Å². The van der Waals surface area contributed by atoms with Gasteiger partial charge < -0.3 is 10.1 Å². The van der Waals surface area contributed by atoms with Gasteiger partial charge >= 0.3 is 0 Å². The van der Waals surface area contributed by atoms with E-state index in [2.05, 4.69) is 10.4 Å². The number of amides is 1. The molecular formula is C26H24FN3O2. The fraction of sp³-hybridized carbons (Fsp3) is 0.154. The number of anilines is 1. The van der Waals surface area contributed by atoms with Gasteiger partial charge in [-0.3, -0.25) is 4.79 Å². The van der Waals surface area contributed by atoms with Crippen molar-refractivity contribution in [2.24, 2.45) is 0 Å². The number of aryl methyl sites for hydroxylation is 2. The average Bonchev–Trinajstić information content (AvgIpc) is 3.09. The molecule has 32 heavy (non-hydrogen) atoms. The highest BCUT2D eigenvalue weighted by molar-refractivity contribution is 5.90. The molecule has 0 saturated carbocycles. The minimum Gasteiger partial charge on any atom is -0.439 e. The summed E-state index contributed by atoms with van der Waals surface area (Å²) in [5, 5.41) is 7.59. The molecule has 5 nitrogen and oxygen atoms in total. The summed E-state index contributed by atoms with van der Waals surface area (Å²) < 4.78 is 21.2. The molecule has 1 N–H and O–H groups in total. The van der Waals surface area contributed by atoms with E-state index >= 15 is 0 Å². The minimum atomic E-state index is -0.335. The highest BCUT2D eigenvalue weighted by Gasteiger charge is 2.20. The molecule has 1 heterocycles. The van der Waals surface area contributed by atoms with Crippen LogP contribution in [0.15, 0.2) is 78.9 Å². The lowest BCUT2D eigenvalue weighted by Crippen LogP contribution is -2.12. The Bertz CT molecular complexity index is 1220. The first-order valence-electron chi connectivity index (χ1n) is 10.4. The molecule has 0 bridgehead atoms. The number of benzene rings is 3. The molecule has 0 fully saturated rings. The van der Waals surface area contributed by atoms with Gasteiger partial charge in [0, 0.05) is 17.7 Å². The van der Waals surface area contributed by atoms with Crippen LogP contribution in [0.3, 0.4) is 0 Å². The van der Waals surface area contributed by atoms with Crippen LogP contribution in [-0.2, 0) is 11.2 Å². The summed E-state index contributed by atoms with van der Waals surface area (Å²) >= 11 is 0. The van der Waals surface area contributed by atoms with Crippen molar-refractivity contribution >= 4 is 11.6 Å². The van der Waals surface area contributed by atoms with Crippen molar-refractivity contribution in [3.8, 4) is 17.3 Å². The van der Waals surface area contributed by atoms with E-state index in [0.29, 0.717) is 18.1 Å². The quantitative estimate of drug-likeness (QED) is 0.392. The van der Waals surface area contributed by atoms with E-state index in [1.54, 1.807) is 16.8 Å². The topological polar surface area (TPSA) is 56.2 Å². The van der Waals surface area contributed by atoms with Crippen molar-refractivity contribution in [2.75, 3.05) is 5.32 Å². The number of rotatable bonds is 7. The lowest BCUT2D eigenvalue weighted by Gasteiger charge is -2.12. The van der Waals surface area contributed by atoms with Gasteiger partial charge in [0.05, 0.1) is 11.4 Å². The summed E-state index contributed by atoms with van der Waals surface area (Å²) in [7, 11) is 0. The van der Waals surface area contributed by atoms with Gasteiger partial charge in [0.15, 0.2) is 0 Å². The second kappa shape index (κ2) is 9.47. The van der Waals surface area contributed by atoms with Crippen LogP contribution in [0.4, 0.5) is 10.1 Å². The molecule has 0 spiro atoms. The molecule has 4 rings (SSSR count). The van der Waals surface area contributed by atoms with E-state index in [0.717, 1.165) is 28.2 Å². The third-order valence-electron chi connectivity index (χ3n) is 5.07. The lowest BCUT2D eigenvalue weighted by molar-refractivity contribution is -0.116. The number of carbonyl (C=O) groups is 1. The molecule has 1 amide bonds. The van der Waals surface area contributed by atoms with Crippen LogP contribution in [-0.4, -0.2) is 15.7 Å². The largest absolute Gasteiger partial charge is 0.439 e. The zero-order chi connectivity index (χ0) is 22.5. The van der Waals surface area contributed by atoms with Crippen LogP contribution in [0, 0.1) is 19.7 Å². The van der Waals surface area contributed by atoms with Crippen LogP contribution in [0.2, 0.25) is 0 Å². The number of nitrogens with one attached hydrogen (secondary N) is 1. The summed E-state index contributed by atoms with van der Waals surface area (Å²) in [5.74, 6) is 0.589. The number of aromatic nitrogens is 2. The Morgan fingerprint density at radius 1 is 1.00 bits per heavy atom. The maximum atomic E-state index is 13.3. The fourth-order valence-corrected chi connectivity index (χ4v) is 3.47. The van der Waals surface area contributed by atoms with Gasteiger partial charge in [-0.2, -0.15) is 5.10 Å². The van der Waals surface area contributed by atoms with Crippen molar-refractivity contribution in [1.82, 2.24) is 9.78 Å². The third kappa shape index (κ3) is 5.03. The smallest absolute Gasteiger partial charge is 0.226 e. The predicted octanol–water partition coefficient (Wildman–Crippen LogP) is 5.99. The molecule has 0 aliphatic heterocycles. The van der Waals surface area contributed by atoms with Crippen molar-refractivity contribution in [1.29, 1.82) is 0 Å². The summed E-state index contributed by atoms with van der Waals surface area (Å²) in [6.07, 6.45) is 0.724. The zero-order valence-corrected chi connectivity index (χ0v) is 18.0. The van der Waals surface area contributed by atoms with E-state index in [4.69, 9.17) is 4.74 Å². The Morgan fingerprint density at radius 2 is 1.75 bits per heavy atom. The van der Waals surface area contributed by atoms with Crippen LogP contribution in [0.25, 0.3) is 5.69 Å². The first kappa shape index (κ1) is 21.3. The number of para-hydroxylation sites is 1. The molecule has 0 saturated heterocycles. The molecule has 3 aromatic carbocycles. The monoisotopic (exact) mass is 429 g/mol. The molecule has 0 unspecified atom stereocenters. The Morgan fingerprint density at radius 3 is 2.47 bits per heavy atom. The molecular weight excluding hydrogens is 405 g/mol. The number of nitrogens with zero attached hydrogens (tertiary/aromatic N) is 2. The molecule has 6 heteroatoms. The van der Waals surface area contributed by atoms with Gasteiger partial charge in [0.2, 0.25) is 11.8 Å². The van der Waals surface area contributed by atoms with Gasteiger partial charge in [-0.1, -0.05) is 30.3 Å². The Balaban J connectivity index is 1.59. The predicted molar refractivity (Wildman–Crippen MR) is 123 cm³/mol. The molecule has 0 atom stereocenters. The molecule has 0 aliphatic rings. The average molecular weight is 429 g/mol. The lowest BCUT2D eigenvalue weighted by atomic mass is 10.1. The number of hydrogen-bond acceptors (Lipinski definition) is 3. The molecule has 4 aromatic rings. The number of hydrogen-bond donors (Lipinski definition) is 1. The van der Waals surface area contributed by atoms with Crippen molar-refractivity contribution in [3.05, 3.63) is 102 Å². The van der Waals surface area contributed by atoms with E-state index in [1.165, 1.54) is 12.1 Å². The Labute approximate surface area is 186 Å². The summed E-state index contributed by atoms with van der Waals surface area (Å²) in [4.78, 5) is 12.6. The van der Waals surface area contributed by atoms with Gasteiger partial charge in [-0.05, 0) is 74.4 Å². The third-order valence-corrected chi connectivity index (χ3v) is 5.07. The number of ether oxygens (including phenoxy) is 1. The van der Waals surface area contributed by atoms with E-state index in [1.807, 2.05) is 68.4 Å². The van der Waals surface area contributed by atoms with Gasteiger partial charge in [0.25, 0.3) is 0 Å². The standard InChI is InChI=1S/C26H24FN3O2/c1-18-7-6-8-21(17-18)28-25(31)16-15-24-19(2)29-30(22-9-4-3-5-10-22)26(24)32-23-13-11-20(27)12-14-23/h3-14,17H,15-16H2,1-2H3,(H,28,31). The summed E-state index contributed by atoms with van der Waals surface area (Å²) in [6.45, 7) is 3.88. The second-order valence-corrected chi connectivity index (χ2v) is 7.59. The molecule has 1 aromatic heterocycles. The molecule has 162 valence electrons. The van der Waals surface area contributed by atoms with E-state index in [9.17, 15) is 9.18 Å². The highest BCUT2D eigenvalue weighted by Crippen LogP contribution is 2.31. The summed E-state index contributed by atoms with van der Waals surface area (Å²) in [6, 6.07) is 23.2. The summed E-state index contributed by atoms with van der Waals surface area (Å²) in [5.41, 5.74) is 4.29. The first-order valence-corrected chi connectivity index (χ1v) is 10.4. The van der Waals surface area contributed by atoms with Crippen molar-refractivity contribution in [3.63, 3.8) is 0 Å². The van der Waals surface area contributed by atoms with Crippen LogP contribution in [0.5, 0.6) is 11.6 Å². The second-order valence-electron chi connectivity index (χ2n) is 7.59. The SMILES string of the molecule is Cc1cccc(NC(=O)CCc2c(C)nn(-c3ccccc3)c2Oc2ccc(F)cc2)c1. The van der Waals surface area contributed by atoms with Crippen LogP contribution in [0.1, 0.15) is 23.2 Å². The van der Waals surface area contributed by atoms with Gasteiger partial charge in [0.1, 0.15) is 11.6 Å². The Hall–Kier alpha value is -3.93. The van der Waals surface area contributed by atoms with Crippen molar-refractivity contribution in [2.45, 2.75) is 26.7 Å². The highest BCUT2D eigenvalue weighted by atomic mass is 19.1. The zero-order valence-electron chi connectivity index (χ0n) is 18.0. The number of carbonyl (C=O) groups excluding carboxylic acids is 1. The van der Waals surface area contributed by atoms with E-state index in [-0.39, 0.29) is 18.1 Å². The van der Waals surface area contributed by atoms with Gasteiger partial charge in [-0.25, -0.2) is 9.07 Å². The van der Waals surface area contributed by atoms with Crippen LogP contribution >= 0.6 is 0 Å². The molecule has 0 radical (unpaired) electrons. The van der Waals surface area contributed by atoms with Crippen molar-refractivity contribution < 1.29 is 13.9 Å². The fourth-order valence-electron chi connectivity index (χ4n) is 3.47. The Kier molecular flexibility index (Phi) is 6.31. The maximum Gasteiger partial charge on any atom is 0.226 e. The molecule has 0 aliphatic carbocycles. The normalized spacial score (nSPS) is 10.7.